The van der Waals surface area contributed by atoms with E-state index in [4.69, 9.17) is 9.47 Å². The molecule has 1 aliphatic rings. The summed E-state index contributed by atoms with van der Waals surface area (Å²) in [4.78, 5) is 26.0. The lowest BCUT2D eigenvalue weighted by atomic mass is 9.66. The summed E-state index contributed by atoms with van der Waals surface area (Å²) in [6.45, 7) is 1.18. The van der Waals surface area contributed by atoms with Crippen LogP contribution in [0.1, 0.15) is 30.0 Å². The van der Waals surface area contributed by atoms with Crippen LogP contribution in [0.5, 0.6) is 0 Å². The molecular formula is C22H20Br2F3NO4. The summed E-state index contributed by atoms with van der Waals surface area (Å²) in [6, 6.07) is 9.22. The van der Waals surface area contributed by atoms with Crippen LogP contribution in [0, 0.1) is 5.41 Å². The average molecular weight is 579 g/mol. The number of carbonyl (C=O) groups excluding carboxylic acids is 2. The molecule has 0 radical (unpaired) electrons. The SMILES string of the molecule is CCOC(=O)[C@@]1(C(F)(F)F)[C@H](c2ccccc2Br)[C@@H](C(=O)OC)N[C@H]1c1ccc(Br)cc1. The van der Waals surface area contributed by atoms with E-state index >= 15 is 13.2 Å². The molecule has 1 aliphatic heterocycles. The number of hydrogen-bond acceptors (Lipinski definition) is 5. The van der Waals surface area contributed by atoms with Crippen LogP contribution in [-0.4, -0.2) is 37.9 Å². The molecule has 0 amide bonds. The van der Waals surface area contributed by atoms with Crippen LogP contribution in [0.2, 0.25) is 0 Å². The third-order valence-electron chi connectivity index (χ3n) is 5.61. The van der Waals surface area contributed by atoms with E-state index in [1.54, 1.807) is 30.3 Å². The molecule has 0 aliphatic carbocycles. The van der Waals surface area contributed by atoms with Gasteiger partial charge in [0.25, 0.3) is 0 Å². The van der Waals surface area contributed by atoms with E-state index in [0.717, 1.165) is 7.11 Å². The van der Waals surface area contributed by atoms with Crippen LogP contribution in [0.3, 0.4) is 0 Å². The minimum Gasteiger partial charge on any atom is -0.468 e. The zero-order valence-corrected chi connectivity index (χ0v) is 20.3. The van der Waals surface area contributed by atoms with E-state index in [-0.39, 0.29) is 17.7 Å². The molecule has 0 aromatic heterocycles. The molecule has 10 heteroatoms. The summed E-state index contributed by atoms with van der Waals surface area (Å²) in [5.74, 6) is -4.03. The Morgan fingerprint density at radius 1 is 1.09 bits per heavy atom. The second kappa shape index (κ2) is 9.52. The van der Waals surface area contributed by atoms with Crippen molar-refractivity contribution >= 4 is 43.8 Å². The smallest absolute Gasteiger partial charge is 0.407 e. The van der Waals surface area contributed by atoms with Crippen molar-refractivity contribution in [3.8, 4) is 0 Å². The zero-order valence-electron chi connectivity index (χ0n) is 17.1. The number of hydrogen-bond donors (Lipinski definition) is 1. The van der Waals surface area contributed by atoms with Gasteiger partial charge in [0.2, 0.25) is 0 Å². The first-order valence-electron chi connectivity index (χ1n) is 9.67. The molecule has 172 valence electrons. The average Bonchev–Trinajstić information content (AvgIpc) is 3.11. The monoisotopic (exact) mass is 577 g/mol. The number of methoxy groups -OCH3 is 1. The van der Waals surface area contributed by atoms with Gasteiger partial charge in [0, 0.05) is 14.9 Å². The molecule has 3 rings (SSSR count). The maximum absolute atomic E-state index is 15.1. The van der Waals surface area contributed by atoms with Crippen molar-refractivity contribution in [1.29, 1.82) is 0 Å². The summed E-state index contributed by atoms with van der Waals surface area (Å²) in [5.41, 5.74) is -2.78. The van der Waals surface area contributed by atoms with Crippen LogP contribution >= 0.6 is 31.9 Å². The summed E-state index contributed by atoms with van der Waals surface area (Å²) in [5, 5.41) is 2.76. The lowest BCUT2D eigenvalue weighted by Gasteiger charge is -2.39. The summed E-state index contributed by atoms with van der Waals surface area (Å²) >= 11 is 6.56. The molecule has 1 saturated heterocycles. The molecule has 0 unspecified atom stereocenters. The van der Waals surface area contributed by atoms with E-state index in [2.05, 4.69) is 37.2 Å². The van der Waals surface area contributed by atoms with E-state index in [1.165, 1.54) is 25.1 Å². The first-order valence-corrected chi connectivity index (χ1v) is 11.3. The van der Waals surface area contributed by atoms with Gasteiger partial charge < -0.3 is 9.47 Å². The van der Waals surface area contributed by atoms with Crippen molar-refractivity contribution in [1.82, 2.24) is 5.32 Å². The minimum absolute atomic E-state index is 0.139. The fourth-order valence-corrected chi connectivity index (χ4v) is 5.09. The van der Waals surface area contributed by atoms with E-state index in [0.29, 0.717) is 8.95 Å². The maximum atomic E-state index is 15.1. The second-order valence-electron chi connectivity index (χ2n) is 7.24. The van der Waals surface area contributed by atoms with Gasteiger partial charge in [0.05, 0.1) is 19.8 Å². The van der Waals surface area contributed by atoms with E-state index in [1.807, 2.05) is 0 Å². The van der Waals surface area contributed by atoms with Gasteiger partial charge in [-0.3, -0.25) is 14.9 Å². The molecule has 32 heavy (non-hydrogen) atoms. The highest BCUT2D eigenvalue weighted by Crippen LogP contribution is 2.62. The largest absolute Gasteiger partial charge is 0.468 e. The van der Waals surface area contributed by atoms with Crippen molar-refractivity contribution in [2.24, 2.45) is 5.41 Å². The molecule has 1 fully saturated rings. The normalized spacial score (nSPS) is 25.4. The van der Waals surface area contributed by atoms with Gasteiger partial charge in [-0.25, -0.2) is 0 Å². The number of rotatable bonds is 5. The maximum Gasteiger partial charge on any atom is 0.407 e. The predicted octanol–water partition coefficient (Wildman–Crippen LogP) is 5.29. The molecule has 0 bridgehead atoms. The lowest BCUT2D eigenvalue weighted by molar-refractivity contribution is -0.242. The number of benzene rings is 2. The van der Waals surface area contributed by atoms with E-state index < -0.39 is 41.5 Å². The van der Waals surface area contributed by atoms with Crippen LogP contribution in [0.15, 0.2) is 57.5 Å². The van der Waals surface area contributed by atoms with Gasteiger partial charge in [-0.2, -0.15) is 13.2 Å². The van der Waals surface area contributed by atoms with E-state index in [9.17, 15) is 9.59 Å². The zero-order chi connectivity index (χ0) is 23.7. The van der Waals surface area contributed by atoms with Crippen LogP contribution in [0.4, 0.5) is 13.2 Å². The topological polar surface area (TPSA) is 64.6 Å². The number of nitrogens with one attached hydrogen (secondary N) is 1. The lowest BCUT2D eigenvalue weighted by Crippen LogP contribution is -2.53. The quantitative estimate of drug-likeness (QED) is 0.488. The molecule has 1 N–H and O–H groups in total. The highest BCUT2D eigenvalue weighted by atomic mass is 79.9. The standard InChI is InChI=1S/C22H20Br2F3NO4/c1-3-32-20(30)21(22(25,26)27)16(14-6-4-5-7-15(14)24)17(19(29)31-2)28-18(21)12-8-10-13(23)11-9-12/h4-11,16-18,28H,3H2,1-2H3/t16-,17+,18+,21-/m1/s1. The van der Waals surface area contributed by atoms with Crippen molar-refractivity contribution in [2.45, 2.75) is 31.1 Å². The number of carbonyl (C=O) groups is 2. The molecule has 2 aromatic rings. The number of alkyl halides is 3. The summed E-state index contributed by atoms with van der Waals surface area (Å²) < 4.78 is 56.1. The molecule has 2 aromatic carbocycles. The van der Waals surface area contributed by atoms with Crippen LogP contribution in [0.25, 0.3) is 0 Å². The summed E-state index contributed by atoms with van der Waals surface area (Å²) in [7, 11) is 1.09. The van der Waals surface area contributed by atoms with Crippen molar-refractivity contribution in [3.05, 3.63) is 68.6 Å². The molecule has 4 atom stereocenters. The van der Waals surface area contributed by atoms with Gasteiger partial charge in [-0.15, -0.1) is 0 Å². The predicted molar refractivity (Wildman–Crippen MR) is 118 cm³/mol. The fourth-order valence-electron chi connectivity index (χ4n) is 4.30. The Bertz CT molecular complexity index is 999. The Kier molecular flexibility index (Phi) is 7.36. The first-order chi connectivity index (χ1) is 15.1. The fraction of sp³-hybridized carbons (Fsp3) is 0.364. The highest BCUT2D eigenvalue weighted by Gasteiger charge is 2.76. The van der Waals surface area contributed by atoms with Crippen LogP contribution < -0.4 is 5.32 Å². The Hall–Kier alpha value is -1.91. The van der Waals surface area contributed by atoms with Gasteiger partial charge >= 0.3 is 18.1 Å². The Labute approximate surface area is 199 Å². The van der Waals surface area contributed by atoms with Crippen LogP contribution in [-0.2, 0) is 19.1 Å². The summed E-state index contributed by atoms with van der Waals surface area (Å²) in [6.07, 6.45) is -5.08. The molecule has 0 spiro atoms. The second-order valence-corrected chi connectivity index (χ2v) is 9.01. The molecule has 0 saturated carbocycles. The van der Waals surface area contributed by atoms with Gasteiger partial charge in [0.1, 0.15) is 6.04 Å². The van der Waals surface area contributed by atoms with Gasteiger partial charge in [0.15, 0.2) is 5.41 Å². The molecule has 5 nitrogen and oxygen atoms in total. The van der Waals surface area contributed by atoms with Crippen molar-refractivity contribution in [3.63, 3.8) is 0 Å². The Balaban J connectivity index is 2.39. The highest BCUT2D eigenvalue weighted by molar-refractivity contribution is 9.10. The van der Waals surface area contributed by atoms with Gasteiger partial charge in [-0.05, 0) is 36.2 Å². The number of ether oxygens (including phenoxy) is 2. The Morgan fingerprint density at radius 3 is 2.25 bits per heavy atom. The third-order valence-corrected chi connectivity index (χ3v) is 6.86. The Morgan fingerprint density at radius 2 is 1.72 bits per heavy atom. The number of esters is 2. The molecule has 1 heterocycles. The van der Waals surface area contributed by atoms with Crippen molar-refractivity contribution < 1.29 is 32.2 Å². The number of halogens is 5. The molecular weight excluding hydrogens is 559 g/mol. The minimum atomic E-state index is -5.08. The van der Waals surface area contributed by atoms with Gasteiger partial charge in [-0.1, -0.05) is 62.2 Å². The van der Waals surface area contributed by atoms with Crippen molar-refractivity contribution in [2.75, 3.05) is 13.7 Å². The third kappa shape index (κ3) is 4.08. The first kappa shape index (κ1) is 24.7.